The first kappa shape index (κ1) is 39.3. The molecule has 0 saturated carbocycles. The van der Waals surface area contributed by atoms with Crippen molar-refractivity contribution in [3.05, 3.63) is 12.0 Å². The van der Waals surface area contributed by atoms with Crippen LogP contribution in [-0.2, 0) is 28.5 Å². The van der Waals surface area contributed by atoms with Crippen molar-refractivity contribution >= 4 is 23.9 Å². The average Bonchev–Trinajstić information content (AvgIpc) is 3.19. The van der Waals surface area contributed by atoms with Crippen LogP contribution in [0.4, 0.5) is 9.18 Å². The quantitative estimate of drug-likeness (QED) is 0.0560. The van der Waals surface area contributed by atoms with Gasteiger partial charge in [0.15, 0.2) is 30.1 Å². The highest BCUT2D eigenvalue weighted by Crippen LogP contribution is 2.26. The Morgan fingerprint density at radius 1 is 0.818 bits per heavy atom. The molecule has 0 radical (unpaired) electrons. The molecule has 7 atom stereocenters. The minimum absolute atomic E-state index is 0.170. The van der Waals surface area contributed by atoms with Gasteiger partial charge in [-0.2, -0.15) is 0 Å². The minimum atomic E-state index is -1.10. The van der Waals surface area contributed by atoms with Crippen LogP contribution in [0.3, 0.4) is 0 Å². The summed E-state index contributed by atoms with van der Waals surface area (Å²) in [5, 5.41) is 12.4. The maximum Gasteiger partial charge on any atom is 0.412 e. The van der Waals surface area contributed by atoms with E-state index in [4.69, 9.17) is 24.4 Å². The van der Waals surface area contributed by atoms with Crippen LogP contribution in [0.15, 0.2) is 12.0 Å². The Kier molecular flexibility index (Phi) is 18.9. The Morgan fingerprint density at radius 3 is 1.80 bits per heavy atom. The lowest BCUT2D eigenvalue weighted by Gasteiger charge is -2.22. The molecule has 7 unspecified atom stereocenters. The SMILES string of the molecule is CC(=O)OC1C(C)OC(N/C=C(/F)C(=N)NC(=O)OCCC(C)CCCC(C)CCCC(C)CCCC(C)C)C1OC(C)=O. The molecule has 1 fully saturated rings. The topological polar surface area (TPSA) is 136 Å². The van der Waals surface area contributed by atoms with Gasteiger partial charge in [0.05, 0.1) is 12.7 Å². The molecule has 1 aliphatic heterocycles. The Labute approximate surface area is 264 Å². The average molecular weight is 628 g/mol. The third-order valence-electron chi connectivity index (χ3n) is 8.00. The number of amides is 1. The monoisotopic (exact) mass is 627 g/mol. The molecular weight excluding hydrogens is 569 g/mol. The number of hydrogen-bond acceptors (Lipinski definition) is 9. The number of carbonyl (C=O) groups excluding carboxylic acids is 3. The van der Waals surface area contributed by atoms with E-state index in [1.807, 2.05) is 0 Å². The maximum atomic E-state index is 14.5. The van der Waals surface area contributed by atoms with Crippen molar-refractivity contribution in [3.63, 3.8) is 0 Å². The van der Waals surface area contributed by atoms with Crippen LogP contribution in [0.1, 0.15) is 120 Å². The van der Waals surface area contributed by atoms with Crippen LogP contribution < -0.4 is 10.6 Å². The van der Waals surface area contributed by atoms with Crippen molar-refractivity contribution in [2.24, 2.45) is 23.7 Å². The smallest absolute Gasteiger partial charge is 0.412 e. The van der Waals surface area contributed by atoms with Crippen molar-refractivity contribution in [1.29, 1.82) is 5.41 Å². The molecule has 1 rings (SSSR count). The fraction of sp³-hybridized carbons (Fsp3) is 0.818. The minimum Gasteiger partial charge on any atom is -0.456 e. The van der Waals surface area contributed by atoms with Gasteiger partial charge in [0.2, 0.25) is 0 Å². The van der Waals surface area contributed by atoms with Crippen molar-refractivity contribution < 1.29 is 37.7 Å². The summed E-state index contributed by atoms with van der Waals surface area (Å²) in [4.78, 5) is 35.0. The van der Waals surface area contributed by atoms with Crippen LogP contribution >= 0.6 is 0 Å². The van der Waals surface area contributed by atoms with Crippen LogP contribution in [0.2, 0.25) is 0 Å². The van der Waals surface area contributed by atoms with Gasteiger partial charge in [-0.05, 0) is 37.0 Å². The van der Waals surface area contributed by atoms with E-state index >= 15 is 0 Å². The van der Waals surface area contributed by atoms with Crippen LogP contribution in [0, 0.1) is 29.1 Å². The molecule has 0 aliphatic carbocycles. The van der Waals surface area contributed by atoms with Gasteiger partial charge in [0.1, 0.15) is 0 Å². The second-order valence-electron chi connectivity index (χ2n) is 13.0. The van der Waals surface area contributed by atoms with E-state index in [2.05, 4.69) is 45.3 Å². The summed E-state index contributed by atoms with van der Waals surface area (Å²) in [6, 6.07) is 0. The largest absolute Gasteiger partial charge is 0.456 e. The van der Waals surface area contributed by atoms with Crippen molar-refractivity contribution in [2.45, 2.75) is 144 Å². The zero-order valence-corrected chi connectivity index (χ0v) is 28.2. The molecule has 1 amide bonds. The molecule has 0 aromatic carbocycles. The summed E-state index contributed by atoms with van der Waals surface area (Å²) in [6.07, 6.45) is 8.22. The zero-order valence-electron chi connectivity index (χ0n) is 28.2. The van der Waals surface area contributed by atoms with Gasteiger partial charge in [0, 0.05) is 20.0 Å². The van der Waals surface area contributed by atoms with Crippen molar-refractivity contribution in [1.82, 2.24) is 10.6 Å². The molecule has 0 aromatic heterocycles. The van der Waals surface area contributed by atoms with Crippen molar-refractivity contribution in [2.75, 3.05) is 6.61 Å². The van der Waals surface area contributed by atoms with Crippen molar-refractivity contribution in [3.8, 4) is 0 Å². The first-order chi connectivity index (χ1) is 20.7. The molecule has 254 valence electrons. The number of nitrogens with one attached hydrogen (secondary N) is 3. The van der Waals surface area contributed by atoms with E-state index in [1.54, 1.807) is 6.92 Å². The Balaban J connectivity index is 2.30. The van der Waals surface area contributed by atoms with Gasteiger partial charge in [0.25, 0.3) is 0 Å². The number of hydrogen-bond donors (Lipinski definition) is 3. The number of halogens is 1. The van der Waals surface area contributed by atoms with Gasteiger partial charge in [-0.3, -0.25) is 20.3 Å². The van der Waals surface area contributed by atoms with Crippen LogP contribution in [0.25, 0.3) is 0 Å². The number of ether oxygens (including phenoxy) is 4. The van der Waals surface area contributed by atoms with E-state index in [0.29, 0.717) is 18.3 Å². The second kappa shape index (κ2) is 21.1. The lowest BCUT2D eigenvalue weighted by atomic mass is 9.91. The number of alkyl carbamates (subject to hydrolysis) is 1. The Morgan fingerprint density at radius 2 is 1.30 bits per heavy atom. The summed E-state index contributed by atoms with van der Waals surface area (Å²) in [5.74, 6) is -0.426. The summed E-state index contributed by atoms with van der Waals surface area (Å²) >= 11 is 0. The number of amidine groups is 1. The summed E-state index contributed by atoms with van der Waals surface area (Å²) in [5.41, 5.74) is 0. The second-order valence-corrected chi connectivity index (χ2v) is 13.0. The lowest BCUT2D eigenvalue weighted by molar-refractivity contribution is -0.164. The van der Waals surface area contributed by atoms with Gasteiger partial charge in [-0.25, -0.2) is 9.18 Å². The molecule has 1 aliphatic rings. The van der Waals surface area contributed by atoms with E-state index in [-0.39, 0.29) is 6.61 Å². The molecule has 44 heavy (non-hydrogen) atoms. The zero-order chi connectivity index (χ0) is 33.2. The van der Waals surface area contributed by atoms with Gasteiger partial charge in [-0.1, -0.05) is 92.4 Å². The lowest BCUT2D eigenvalue weighted by Crippen LogP contribution is -2.43. The molecular formula is C33H58FN3O7. The molecule has 1 heterocycles. The number of rotatable bonds is 20. The van der Waals surface area contributed by atoms with Crippen LogP contribution in [0.5, 0.6) is 0 Å². The fourth-order valence-corrected chi connectivity index (χ4v) is 5.35. The third kappa shape index (κ3) is 17.0. The van der Waals surface area contributed by atoms with E-state index in [9.17, 15) is 18.8 Å². The predicted molar refractivity (Wildman–Crippen MR) is 168 cm³/mol. The first-order valence-electron chi connectivity index (χ1n) is 16.3. The first-order valence-corrected chi connectivity index (χ1v) is 16.3. The summed E-state index contributed by atoms with van der Waals surface area (Å²) < 4.78 is 35.6. The summed E-state index contributed by atoms with van der Waals surface area (Å²) in [7, 11) is 0. The molecule has 10 nitrogen and oxygen atoms in total. The molecule has 1 saturated heterocycles. The van der Waals surface area contributed by atoms with E-state index in [0.717, 1.165) is 30.9 Å². The highest BCUT2D eigenvalue weighted by atomic mass is 19.1. The molecule has 0 spiro atoms. The Hall–Kier alpha value is -2.69. The Bertz CT molecular complexity index is 929. The molecule has 0 bridgehead atoms. The van der Waals surface area contributed by atoms with Gasteiger partial charge in [-0.15, -0.1) is 0 Å². The highest BCUT2D eigenvalue weighted by molar-refractivity contribution is 6.02. The highest BCUT2D eigenvalue weighted by Gasteiger charge is 2.47. The van der Waals surface area contributed by atoms with Gasteiger partial charge < -0.3 is 24.3 Å². The number of carbonyl (C=O) groups is 3. The standard InChI is InChI=1S/C33H58FN3O7/c1-21(2)12-9-13-22(3)14-10-15-23(4)16-11-17-24(5)18-19-41-33(40)37-31(35)28(34)20-36-32-30(44-27(8)39)29(25(6)42-32)43-26(7)38/h20-25,29-30,32,36H,9-19H2,1-8H3,(H2,35,37,40)/b28-20+. The normalized spacial score (nSPS) is 22.2. The third-order valence-corrected chi connectivity index (χ3v) is 8.00. The van der Waals surface area contributed by atoms with E-state index < -0.39 is 54.2 Å². The molecule has 0 aromatic rings. The van der Waals surface area contributed by atoms with Gasteiger partial charge >= 0.3 is 18.0 Å². The fourth-order valence-electron chi connectivity index (χ4n) is 5.35. The van der Waals surface area contributed by atoms with E-state index in [1.165, 1.54) is 58.8 Å². The predicted octanol–water partition coefficient (Wildman–Crippen LogP) is 7.16. The van der Waals surface area contributed by atoms with Crippen LogP contribution in [-0.4, -0.2) is 55.0 Å². The maximum absolute atomic E-state index is 14.5. The number of esters is 2. The molecule has 3 N–H and O–H groups in total. The summed E-state index contributed by atoms with van der Waals surface area (Å²) in [6.45, 7) is 15.6. The molecule has 11 heteroatoms.